The van der Waals surface area contributed by atoms with Crippen molar-refractivity contribution in [3.63, 3.8) is 0 Å². The Hall–Kier alpha value is -5.96. The van der Waals surface area contributed by atoms with Crippen molar-refractivity contribution in [2.45, 2.75) is 123 Å². The number of hydrogen-bond donors (Lipinski definition) is 4. The fourth-order valence-electron chi connectivity index (χ4n) is 16.9. The topological polar surface area (TPSA) is 318 Å². The van der Waals surface area contributed by atoms with Crippen LogP contribution in [0.25, 0.3) is 21.5 Å². The van der Waals surface area contributed by atoms with Gasteiger partial charge in [0.25, 0.3) is 0 Å². The molecule has 1 spiro atoms. The van der Waals surface area contributed by atoms with Crippen molar-refractivity contribution < 1.29 is 82.4 Å². The molecule has 4 aromatic carbocycles. The van der Waals surface area contributed by atoms with Gasteiger partial charge in [0.2, 0.25) is 0 Å². The number of amidine groups is 4. The van der Waals surface area contributed by atoms with Gasteiger partial charge in [0, 0.05) is 0 Å². The van der Waals surface area contributed by atoms with Gasteiger partial charge in [0.1, 0.15) is 0 Å². The third-order valence-electron chi connectivity index (χ3n) is 20.5. The number of rotatable bonds is 36. The number of nitrogens with zero attached hydrogens (tertiary/aromatic N) is 10. The van der Waals surface area contributed by atoms with E-state index in [-0.39, 0.29) is 67.9 Å². The number of ketones is 1. The van der Waals surface area contributed by atoms with Gasteiger partial charge in [-0.1, -0.05) is 0 Å². The molecule has 0 saturated heterocycles. The molecule has 6 aromatic rings. The summed E-state index contributed by atoms with van der Waals surface area (Å²) in [5.41, 5.74) is 4.18. The summed E-state index contributed by atoms with van der Waals surface area (Å²) in [6, 6.07) is 33.1. The van der Waals surface area contributed by atoms with Crippen LogP contribution in [0.1, 0.15) is 107 Å². The number of hydrogen-bond acceptors (Lipinski definition) is 15. The second-order valence-corrected chi connectivity index (χ2v) is 49.0. The third kappa shape index (κ3) is 12.1. The Balaban J connectivity index is 1.13. The van der Waals surface area contributed by atoms with E-state index < -0.39 is 82.1 Å². The standard InChI is InChI=1S/C64H86N10O15S4Si3/c1-7-8-34-73(35-18-17-25-48(2)75,36-19-42-90(76,77)78)40-23-46-94(3,4)88-96(89-95(5,6)47-24-41-74(37-20-43-91(79,80)81,38-21-44-92(82,83)84)39-22-45-93(85,86)87)69-57-49-26-9-10-27-50(49)58(69)66-60-53-30-13-14-31-54(53)62(71(60)96)68-64-56-33-16-15-32-55(56)63(72(64)96)67-61-52-29-12-11-28-51(52)59(65-57)70(61)96/h9-16,26-33H,7-8,17-25,34-47H2,1-6H3,(H2-2,76,77,78,79,80,81,82,83,84,85,86,87)/p+2. The number of carbonyl (C=O) groups excluding carboxylic acids is 1. The monoisotopic (exact) mass is 1450 g/mol. The fourth-order valence-corrected chi connectivity index (χ4v) is 41.1. The van der Waals surface area contributed by atoms with Crippen molar-refractivity contribution in [2.75, 3.05) is 75.4 Å². The van der Waals surface area contributed by atoms with Gasteiger partial charge in [0.05, 0.1) is 0 Å². The quantitative estimate of drug-likeness (QED) is 0.0126. The maximum atomic E-state index is 12.4. The van der Waals surface area contributed by atoms with E-state index in [2.05, 4.69) is 98.6 Å². The molecule has 96 heavy (non-hydrogen) atoms. The molecule has 0 saturated carbocycles. The summed E-state index contributed by atoms with van der Waals surface area (Å²) in [6.45, 7) is 15.4. The summed E-state index contributed by atoms with van der Waals surface area (Å²) in [5, 5.41) is 3.12. The first-order valence-corrected chi connectivity index (χ1v) is 48.6. The van der Waals surface area contributed by atoms with E-state index in [1.165, 1.54) is 0 Å². The summed E-state index contributed by atoms with van der Waals surface area (Å²) in [7, 11) is -32.3. The van der Waals surface area contributed by atoms with Crippen LogP contribution in [0.4, 0.5) is 11.6 Å². The first kappa shape index (κ1) is 69.9. The number of quaternary nitrogens is 2. The van der Waals surface area contributed by atoms with Crippen molar-refractivity contribution in [2.24, 2.45) is 20.0 Å². The van der Waals surface area contributed by atoms with Gasteiger partial charge in [-0.05, 0) is 0 Å². The molecule has 0 amide bonds. The summed E-state index contributed by atoms with van der Waals surface area (Å²) in [5.74, 6) is 1.03. The Morgan fingerprint density at radius 3 is 1.16 bits per heavy atom. The van der Waals surface area contributed by atoms with E-state index in [9.17, 15) is 64.9 Å². The van der Waals surface area contributed by atoms with Gasteiger partial charge >= 0.3 is 566 Å². The number of aliphatic imine (C=N–C) groups is 2. The van der Waals surface area contributed by atoms with Crippen molar-refractivity contribution in [3.8, 4) is 0 Å². The minimum atomic E-state index is -7.33. The van der Waals surface area contributed by atoms with Crippen molar-refractivity contribution >= 4 is 127 Å². The van der Waals surface area contributed by atoms with Crippen LogP contribution in [-0.2, 0) is 53.5 Å². The molecule has 8 heterocycles. The summed E-state index contributed by atoms with van der Waals surface area (Å²) < 4.78 is 168. The molecule has 518 valence electrons. The summed E-state index contributed by atoms with van der Waals surface area (Å²) in [4.78, 5) is 35.8. The molecule has 1 unspecified atom stereocenters. The van der Waals surface area contributed by atoms with Crippen molar-refractivity contribution in [1.82, 2.24) is 8.47 Å². The zero-order valence-electron chi connectivity index (χ0n) is 55.3. The average Bonchev–Trinajstić information content (AvgIpc) is 1.28. The van der Waals surface area contributed by atoms with Crippen molar-refractivity contribution in [3.05, 3.63) is 130 Å². The van der Waals surface area contributed by atoms with Crippen molar-refractivity contribution in [1.29, 1.82) is 0 Å². The SMILES string of the molecule is CCCC[N+](CCCCC(C)=O)(CCC[Si](C)(C)O[Si-2]123(O[Si](C)(C)CCC[N+](CCCS(=O)(=O)O)(CCCS(=O)(=O)O)CCCS(=O)(=O)O)n4c5c6ccccc6c4N=C4c6ccccc6C(=[N+]41)N=c1c4ccccc4c(n12)=NC1=[N+]3C(=N5)c2ccccc21)CCCS(=O)(=O)O. The second kappa shape index (κ2) is 24.7. The maximum absolute atomic E-state index is 12.4. The molecule has 0 aliphatic carbocycles. The Morgan fingerprint density at radius 1 is 0.458 bits per heavy atom. The van der Waals surface area contributed by atoms with Crippen LogP contribution in [0.2, 0.25) is 38.3 Å². The number of unbranched alkanes of at least 4 members (excludes halogenated alkanes) is 2. The number of Topliss-reactive ketones (excluding diaryl/α,β-unsaturated/α-hetero) is 1. The molecule has 0 fully saturated rings. The molecular weight excluding hydrogens is 1360 g/mol. The number of benzene rings is 4. The van der Waals surface area contributed by atoms with E-state index in [0.29, 0.717) is 108 Å². The molecule has 1 atom stereocenters. The van der Waals surface area contributed by atoms with Crippen LogP contribution in [0.3, 0.4) is 0 Å². The van der Waals surface area contributed by atoms with Crippen LogP contribution in [-0.4, -0.2) is 207 Å². The molecule has 0 bridgehead atoms. The molecule has 32 heteroatoms. The van der Waals surface area contributed by atoms with Crippen LogP contribution in [0.5, 0.6) is 0 Å². The second-order valence-electron chi connectivity index (χ2n) is 28.4. The van der Waals surface area contributed by atoms with Crippen LogP contribution >= 0.6 is 0 Å². The molecular formula is C64H88N10O15S4Si3+2. The average molecular weight is 1450 g/mol. The predicted octanol–water partition coefficient (Wildman–Crippen LogP) is 7.85. The first-order chi connectivity index (χ1) is 45.1. The van der Waals surface area contributed by atoms with E-state index in [1.54, 1.807) is 6.92 Å². The normalized spacial score (nSPS) is 18.4. The molecule has 0 radical (unpaired) electrons. The molecule has 6 aliphatic rings. The predicted molar refractivity (Wildman–Crippen MR) is 376 cm³/mol. The molecule has 6 aliphatic heterocycles. The molecule has 25 nitrogen and oxygen atoms in total. The Labute approximate surface area is 562 Å². The fraction of sp³-hybridized carbons (Fsp3) is 0.484. The number of aromatic nitrogens is 2. The van der Waals surface area contributed by atoms with E-state index >= 15 is 0 Å². The summed E-state index contributed by atoms with van der Waals surface area (Å²) in [6.07, 6.45) is 4.52. The van der Waals surface area contributed by atoms with Crippen LogP contribution in [0, 0.1) is 0 Å². The Bertz CT molecular complexity index is 4730. The van der Waals surface area contributed by atoms with Gasteiger partial charge in [0.15, 0.2) is 0 Å². The van der Waals surface area contributed by atoms with Crippen LogP contribution < -0.4 is 11.0 Å². The van der Waals surface area contributed by atoms with E-state index in [0.717, 1.165) is 69.6 Å². The molecule has 4 N–H and O–H groups in total. The van der Waals surface area contributed by atoms with Crippen LogP contribution in [0.15, 0.2) is 117 Å². The molecule has 2 aromatic heterocycles. The van der Waals surface area contributed by atoms with E-state index in [1.807, 2.05) is 48.5 Å². The third-order valence-corrected chi connectivity index (χ3v) is 40.4. The number of carbonyl (C=O) groups is 1. The van der Waals surface area contributed by atoms with Gasteiger partial charge in [-0.25, -0.2) is 0 Å². The van der Waals surface area contributed by atoms with Gasteiger partial charge < -0.3 is 0 Å². The van der Waals surface area contributed by atoms with E-state index in [4.69, 9.17) is 20.0 Å². The number of fused-ring (bicyclic) bond motifs is 12. The zero-order chi connectivity index (χ0) is 68.8. The minimum absolute atomic E-state index is 0.0295. The van der Waals surface area contributed by atoms with Gasteiger partial charge in [-0.2, -0.15) is 0 Å². The zero-order valence-corrected chi connectivity index (χ0v) is 61.6. The molecule has 12 rings (SSSR count). The Morgan fingerprint density at radius 2 is 0.792 bits per heavy atom. The van der Waals surface area contributed by atoms with Gasteiger partial charge in [-0.15, -0.1) is 0 Å². The van der Waals surface area contributed by atoms with Gasteiger partial charge in [-0.3, -0.25) is 0 Å². The Kier molecular flexibility index (Phi) is 18.0. The summed E-state index contributed by atoms with van der Waals surface area (Å²) >= 11 is 0. The first-order valence-electron chi connectivity index (χ1n) is 33.3.